The first-order valence-corrected chi connectivity index (χ1v) is 6.86. The summed E-state index contributed by atoms with van der Waals surface area (Å²) in [5.41, 5.74) is 6.46. The SMILES string of the molecule is COc1ccc(N)c(SCC(=O)Nc2cc(C)on2)c1. The van der Waals surface area contributed by atoms with Crippen molar-refractivity contribution in [3.05, 3.63) is 30.0 Å². The number of nitrogen functional groups attached to an aromatic ring is 1. The number of hydrogen-bond acceptors (Lipinski definition) is 6. The Labute approximate surface area is 120 Å². The molecule has 106 valence electrons. The summed E-state index contributed by atoms with van der Waals surface area (Å²) in [6, 6.07) is 6.98. The summed E-state index contributed by atoms with van der Waals surface area (Å²) < 4.78 is 9.99. The number of benzene rings is 1. The maximum Gasteiger partial charge on any atom is 0.235 e. The molecule has 0 spiro atoms. The van der Waals surface area contributed by atoms with Gasteiger partial charge in [-0.05, 0) is 25.1 Å². The van der Waals surface area contributed by atoms with Crippen molar-refractivity contribution in [3.8, 4) is 5.75 Å². The van der Waals surface area contributed by atoms with Gasteiger partial charge in [0.25, 0.3) is 0 Å². The molecule has 6 nitrogen and oxygen atoms in total. The van der Waals surface area contributed by atoms with E-state index in [9.17, 15) is 4.79 Å². The highest BCUT2D eigenvalue weighted by molar-refractivity contribution is 8.00. The molecule has 0 bridgehead atoms. The van der Waals surface area contributed by atoms with E-state index >= 15 is 0 Å². The van der Waals surface area contributed by atoms with Crippen LogP contribution in [0.15, 0.2) is 33.7 Å². The fourth-order valence-electron chi connectivity index (χ4n) is 1.51. The number of amides is 1. The molecule has 0 aliphatic heterocycles. The maximum atomic E-state index is 11.8. The van der Waals surface area contributed by atoms with E-state index in [2.05, 4.69) is 10.5 Å². The van der Waals surface area contributed by atoms with Gasteiger partial charge in [-0.1, -0.05) is 5.16 Å². The average Bonchev–Trinajstić information content (AvgIpc) is 2.83. The average molecular weight is 293 g/mol. The Morgan fingerprint density at radius 3 is 2.95 bits per heavy atom. The van der Waals surface area contributed by atoms with Crippen molar-refractivity contribution in [2.45, 2.75) is 11.8 Å². The van der Waals surface area contributed by atoms with Crippen LogP contribution in [-0.2, 0) is 4.79 Å². The third-order valence-electron chi connectivity index (χ3n) is 2.47. The number of aromatic nitrogens is 1. The molecule has 1 heterocycles. The van der Waals surface area contributed by atoms with Crippen LogP contribution >= 0.6 is 11.8 Å². The van der Waals surface area contributed by atoms with Gasteiger partial charge in [0, 0.05) is 16.6 Å². The van der Waals surface area contributed by atoms with E-state index in [1.54, 1.807) is 38.3 Å². The predicted octanol–water partition coefficient (Wildman–Crippen LogP) is 2.30. The number of carbonyl (C=O) groups excluding carboxylic acids is 1. The van der Waals surface area contributed by atoms with Gasteiger partial charge in [-0.2, -0.15) is 0 Å². The van der Waals surface area contributed by atoms with Crippen molar-refractivity contribution < 1.29 is 14.1 Å². The second-order valence-electron chi connectivity index (χ2n) is 4.06. The van der Waals surface area contributed by atoms with Crippen molar-refractivity contribution in [1.82, 2.24) is 5.16 Å². The number of aryl methyl sites for hydroxylation is 1. The van der Waals surface area contributed by atoms with E-state index in [4.69, 9.17) is 15.0 Å². The highest BCUT2D eigenvalue weighted by atomic mass is 32.2. The normalized spacial score (nSPS) is 10.3. The van der Waals surface area contributed by atoms with Crippen LogP contribution in [0.1, 0.15) is 5.76 Å². The lowest BCUT2D eigenvalue weighted by atomic mass is 10.3. The molecule has 0 unspecified atom stereocenters. The molecule has 0 saturated heterocycles. The molecular weight excluding hydrogens is 278 g/mol. The number of anilines is 2. The number of hydrogen-bond donors (Lipinski definition) is 2. The Morgan fingerprint density at radius 1 is 1.50 bits per heavy atom. The minimum atomic E-state index is -0.175. The van der Waals surface area contributed by atoms with Gasteiger partial charge in [0.1, 0.15) is 11.5 Å². The van der Waals surface area contributed by atoms with E-state index in [0.717, 1.165) is 4.90 Å². The van der Waals surface area contributed by atoms with Crippen LogP contribution in [0.2, 0.25) is 0 Å². The molecular formula is C13H15N3O3S. The molecule has 0 fully saturated rings. The molecule has 0 saturated carbocycles. The van der Waals surface area contributed by atoms with Crippen LogP contribution in [0.4, 0.5) is 11.5 Å². The smallest absolute Gasteiger partial charge is 0.235 e. The van der Waals surface area contributed by atoms with Gasteiger partial charge in [-0.25, -0.2) is 0 Å². The molecule has 2 rings (SSSR count). The number of carbonyl (C=O) groups is 1. The van der Waals surface area contributed by atoms with Gasteiger partial charge in [-0.15, -0.1) is 11.8 Å². The van der Waals surface area contributed by atoms with Crippen LogP contribution in [-0.4, -0.2) is 23.9 Å². The maximum absolute atomic E-state index is 11.8. The quantitative estimate of drug-likeness (QED) is 0.649. The zero-order chi connectivity index (χ0) is 14.5. The summed E-state index contributed by atoms with van der Waals surface area (Å²) in [7, 11) is 1.58. The van der Waals surface area contributed by atoms with Crippen LogP contribution in [0, 0.1) is 6.92 Å². The highest BCUT2D eigenvalue weighted by Gasteiger charge is 2.09. The van der Waals surface area contributed by atoms with Crippen molar-refractivity contribution in [2.24, 2.45) is 0 Å². The third kappa shape index (κ3) is 3.67. The van der Waals surface area contributed by atoms with Gasteiger partial charge >= 0.3 is 0 Å². The number of ether oxygens (including phenoxy) is 1. The van der Waals surface area contributed by atoms with Gasteiger partial charge in [0.2, 0.25) is 5.91 Å². The van der Waals surface area contributed by atoms with Crippen molar-refractivity contribution in [3.63, 3.8) is 0 Å². The van der Waals surface area contributed by atoms with Gasteiger partial charge in [-0.3, -0.25) is 4.79 Å². The van der Waals surface area contributed by atoms with E-state index in [0.29, 0.717) is 23.0 Å². The number of nitrogens with one attached hydrogen (secondary N) is 1. The van der Waals surface area contributed by atoms with E-state index in [-0.39, 0.29) is 11.7 Å². The number of nitrogens with two attached hydrogens (primary N) is 1. The molecule has 2 aromatic rings. The molecule has 0 aliphatic rings. The largest absolute Gasteiger partial charge is 0.497 e. The molecule has 7 heteroatoms. The summed E-state index contributed by atoms with van der Waals surface area (Å²) in [4.78, 5) is 12.6. The summed E-state index contributed by atoms with van der Waals surface area (Å²) >= 11 is 1.34. The summed E-state index contributed by atoms with van der Waals surface area (Å²) in [5.74, 6) is 1.81. The van der Waals surface area contributed by atoms with Gasteiger partial charge in [0.15, 0.2) is 5.82 Å². The summed E-state index contributed by atoms with van der Waals surface area (Å²) in [5, 5.41) is 6.34. The fraction of sp³-hybridized carbons (Fsp3) is 0.231. The van der Waals surface area contributed by atoms with Crippen molar-refractivity contribution in [2.75, 3.05) is 23.9 Å². The fourth-order valence-corrected chi connectivity index (χ4v) is 2.31. The number of nitrogens with zero attached hydrogens (tertiary/aromatic N) is 1. The van der Waals surface area contributed by atoms with E-state index < -0.39 is 0 Å². The van der Waals surface area contributed by atoms with E-state index in [1.165, 1.54) is 11.8 Å². The lowest BCUT2D eigenvalue weighted by Gasteiger charge is -2.07. The molecule has 1 amide bonds. The molecule has 20 heavy (non-hydrogen) atoms. The number of methoxy groups -OCH3 is 1. The lowest BCUT2D eigenvalue weighted by Crippen LogP contribution is -2.14. The Hall–Kier alpha value is -2.15. The van der Waals surface area contributed by atoms with Crippen LogP contribution < -0.4 is 15.8 Å². The zero-order valence-electron chi connectivity index (χ0n) is 11.2. The second-order valence-corrected chi connectivity index (χ2v) is 5.08. The van der Waals surface area contributed by atoms with Crippen molar-refractivity contribution >= 4 is 29.2 Å². The molecule has 0 atom stereocenters. The number of thioether (sulfide) groups is 1. The molecule has 1 aromatic heterocycles. The third-order valence-corrected chi connectivity index (χ3v) is 3.55. The minimum absolute atomic E-state index is 0.175. The Kier molecular flexibility index (Phi) is 4.52. The first kappa shape index (κ1) is 14.3. The van der Waals surface area contributed by atoms with Crippen LogP contribution in [0.3, 0.4) is 0 Å². The second kappa shape index (κ2) is 6.33. The molecule has 1 aromatic carbocycles. The lowest BCUT2D eigenvalue weighted by molar-refractivity contribution is -0.113. The standard InChI is InChI=1S/C13H15N3O3S/c1-8-5-12(16-19-8)15-13(17)7-20-11-6-9(18-2)3-4-10(11)14/h3-6H,7,14H2,1-2H3,(H,15,16,17). The Balaban J connectivity index is 1.93. The van der Waals surface area contributed by atoms with Gasteiger partial charge < -0.3 is 20.3 Å². The molecule has 0 aliphatic carbocycles. The topological polar surface area (TPSA) is 90.4 Å². The Bertz CT molecular complexity index is 613. The summed E-state index contributed by atoms with van der Waals surface area (Å²) in [6.45, 7) is 1.76. The first-order chi connectivity index (χ1) is 9.58. The summed E-state index contributed by atoms with van der Waals surface area (Å²) in [6.07, 6.45) is 0. The predicted molar refractivity (Wildman–Crippen MR) is 78.0 cm³/mol. The van der Waals surface area contributed by atoms with Gasteiger partial charge in [0.05, 0.1) is 12.9 Å². The first-order valence-electron chi connectivity index (χ1n) is 5.88. The monoisotopic (exact) mass is 293 g/mol. The molecule has 3 N–H and O–H groups in total. The van der Waals surface area contributed by atoms with E-state index in [1.807, 2.05) is 0 Å². The minimum Gasteiger partial charge on any atom is -0.497 e. The van der Waals surface area contributed by atoms with Crippen molar-refractivity contribution in [1.29, 1.82) is 0 Å². The zero-order valence-corrected chi connectivity index (χ0v) is 12.0. The van der Waals surface area contributed by atoms with Crippen LogP contribution in [0.5, 0.6) is 5.75 Å². The van der Waals surface area contributed by atoms with Crippen LogP contribution in [0.25, 0.3) is 0 Å². The number of rotatable bonds is 5. The Morgan fingerprint density at radius 2 is 2.30 bits per heavy atom. The molecule has 0 radical (unpaired) electrons. The highest BCUT2D eigenvalue weighted by Crippen LogP contribution is 2.29.